The van der Waals surface area contributed by atoms with E-state index in [9.17, 15) is 19.2 Å². The zero-order valence-electron chi connectivity index (χ0n) is 21.2. The number of ether oxygens (including phenoxy) is 4. The molecule has 4 N–H and O–H groups in total. The maximum absolute atomic E-state index is 11.4. The summed E-state index contributed by atoms with van der Waals surface area (Å²) in [5.74, 6) is -2.24. The van der Waals surface area contributed by atoms with Crippen molar-refractivity contribution in [3.8, 4) is 0 Å². The number of rotatable bonds is 8. The first-order valence-corrected chi connectivity index (χ1v) is 11.6. The van der Waals surface area contributed by atoms with E-state index >= 15 is 0 Å². The van der Waals surface area contributed by atoms with Crippen LogP contribution in [0.4, 0.5) is 0 Å². The van der Waals surface area contributed by atoms with Crippen molar-refractivity contribution in [2.24, 2.45) is 5.73 Å². The number of halogens is 1. The number of hydrogen-bond donors (Lipinski definition) is 3. The van der Waals surface area contributed by atoms with Gasteiger partial charge in [-0.15, -0.1) is 0 Å². The number of nitrogens with two attached hydrogens (primary N) is 1. The smallest absolute Gasteiger partial charge is 0.335 e. The first kappa shape index (κ1) is 35.8. The first-order valence-electron chi connectivity index (χ1n) is 10.8. The average molecular weight is 544 g/mol. The molecule has 1 unspecified atom stereocenters. The molecule has 1 fully saturated rings. The molecule has 1 aliphatic heterocycles. The standard InChI is InChI=1S/C8H13BrO4.C8H16N2O3.C4H8O.CH5N/c1-4-12-6(10)8(3,9)7(11)13-5-2;1-5-13-7(12)8(2,10-4)6(11)9-3;1-2-4-5-3-1;1-2/h4-5H2,1-3H3;10H,5H2,1-4H3,(H,9,11);1-4H2;2H2,1H3. The Kier molecular flexibility index (Phi) is 22.6. The highest BCUT2D eigenvalue weighted by Gasteiger charge is 2.41. The molecule has 1 heterocycles. The topological polar surface area (TPSA) is 155 Å². The lowest BCUT2D eigenvalue weighted by atomic mass is 10.0. The molecule has 1 saturated heterocycles. The van der Waals surface area contributed by atoms with Crippen LogP contribution in [0.2, 0.25) is 0 Å². The Bertz CT molecular complexity index is 541. The molecular weight excluding hydrogens is 502 g/mol. The van der Waals surface area contributed by atoms with Gasteiger partial charge in [0.2, 0.25) is 4.32 Å². The number of amides is 1. The van der Waals surface area contributed by atoms with Crippen molar-refractivity contribution in [1.82, 2.24) is 10.6 Å². The summed E-state index contributed by atoms with van der Waals surface area (Å²) in [6, 6.07) is 0. The Balaban J connectivity index is -0.000000423. The Hall–Kier alpha value is -1.76. The minimum absolute atomic E-state index is 0.236. The summed E-state index contributed by atoms with van der Waals surface area (Å²) >= 11 is 2.97. The minimum atomic E-state index is -1.39. The molecule has 0 spiro atoms. The van der Waals surface area contributed by atoms with Gasteiger partial charge in [0, 0.05) is 20.3 Å². The van der Waals surface area contributed by atoms with Crippen LogP contribution in [-0.4, -0.2) is 87.9 Å². The van der Waals surface area contributed by atoms with E-state index in [0.29, 0.717) is 0 Å². The maximum atomic E-state index is 11.4. The zero-order chi connectivity index (χ0) is 26.5. The van der Waals surface area contributed by atoms with E-state index in [1.54, 1.807) is 20.8 Å². The van der Waals surface area contributed by atoms with Gasteiger partial charge in [-0.25, -0.2) is 14.4 Å². The predicted molar refractivity (Wildman–Crippen MR) is 129 cm³/mol. The van der Waals surface area contributed by atoms with Crippen molar-refractivity contribution in [1.29, 1.82) is 0 Å². The molecule has 196 valence electrons. The highest BCUT2D eigenvalue weighted by Crippen LogP contribution is 2.21. The van der Waals surface area contributed by atoms with Crippen LogP contribution in [0.1, 0.15) is 47.5 Å². The summed E-state index contributed by atoms with van der Waals surface area (Å²) < 4.78 is 17.7. The van der Waals surface area contributed by atoms with Gasteiger partial charge in [-0.2, -0.15) is 0 Å². The maximum Gasteiger partial charge on any atom is 0.335 e. The Labute approximate surface area is 205 Å². The van der Waals surface area contributed by atoms with Gasteiger partial charge in [0.1, 0.15) is 0 Å². The third-order valence-electron chi connectivity index (χ3n) is 4.01. The third kappa shape index (κ3) is 14.2. The van der Waals surface area contributed by atoms with E-state index in [4.69, 9.17) is 9.47 Å². The molecule has 0 bridgehead atoms. The first-order chi connectivity index (χ1) is 15.5. The number of nitrogens with one attached hydrogen (secondary N) is 2. The number of esters is 3. The van der Waals surface area contributed by atoms with Crippen LogP contribution in [0.3, 0.4) is 0 Å². The van der Waals surface area contributed by atoms with Crippen molar-refractivity contribution in [3.63, 3.8) is 0 Å². The predicted octanol–water partition coefficient (Wildman–Crippen LogP) is 0.912. The van der Waals surface area contributed by atoms with Gasteiger partial charge in [-0.3, -0.25) is 10.1 Å². The highest BCUT2D eigenvalue weighted by molar-refractivity contribution is 9.10. The molecular formula is C21H42BrN3O8. The van der Waals surface area contributed by atoms with E-state index in [0.717, 1.165) is 13.2 Å². The fourth-order valence-electron chi connectivity index (χ4n) is 1.96. The number of likely N-dealkylation sites (N-methyl/N-ethyl adjacent to an activating group) is 2. The van der Waals surface area contributed by atoms with Gasteiger partial charge >= 0.3 is 17.9 Å². The molecule has 12 heteroatoms. The van der Waals surface area contributed by atoms with E-state index in [1.807, 2.05) is 0 Å². The summed E-state index contributed by atoms with van der Waals surface area (Å²) in [5.41, 5.74) is 3.20. The number of carbonyl (C=O) groups is 4. The Morgan fingerprint density at radius 3 is 1.45 bits per heavy atom. The van der Waals surface area contributed by atoms with E-state index in [1.165, 1.54) is 47.8 Å². The van der Waals surface area contributed by atoms with Gasteiger partial charge in [0.25, 0.3) is 5.91 Å². The molecule has 0 aliphatic carbocycles. The monoisotopic (exact) mass is 543 g/mol. The van der Waals surface area contributed by atoms with Crippen molar-refractivity contribution in [2.75, 3.05) is 54.2 Å². The molecule has 11 nitrogen and oxygen atoms in total. The Morgan fingerprint density at radius 2 is 1.21 bits per heavy atom. The van der Waals surface area contributed by atoms with Crippen molar-refractivity contribution < 1.29 is 38.1 Å². The molecule has 33 heavy (non-hydrogen) atoms. The van der Waals surface area contributed by atoms with Crippen molar-refractivity contribution >= 4 is 39.7 Å². The van der Waals surface area contributed by atoms with Crippen LogP contribution in [0.25, 0.3) is 0 Å². The minimum Gasteiger partial charge on any atom is -0.465 e. The van der Waals surface area contributed by atoms with Gasteiger partial charge in [0.15, 0.2) is 5.54 Å². The van der Waals surface area contributed by atoms with Crippen LogP contribution >= 0.6 is 15.9 Å². The molecule has 1 rings (SSSR count). The molecule has 1 atom stereocenters. The van der Waals surface area contributed by atoms with Crippen LogP contribution in [0.5, 0.6) is 0 Å². The van der Waals surface area contributed by atoms with Crippen LogP contribution in [-0.2, 0) is 38.1 Å². The lowest BCUT2D eigenvalue weighted by Crippen LogP contribution is -2.58. The van der Waals surface area contributed by atoms with E-state index in [-0.39, 0.29) is 19.8 Å². The van der Waals surface area contributed by atoms with Gasteiger partial charge in [-0.1, -0.05) is 15.9 Å². The second-order valence-electron chi connectivity index (χ2n) is 6.44. The quantitative estimate of drug-likeness (QED) is 0.174. The van der Waals surface area contributed by atoms with Crippen LogP contribution in [0.15, 0.2) is 0 Å². The Morgan fingerprint density at radius 1 is 0.848 bits per heavy atom. The molecule has 0 aromatic heterocycles. The number of carbonyl (C=O) groups excluding carboxylic acids is 4. The van der Waals surface area contributed by atoms with Crippen molar-refractivity contribution in [3.05, 3.63) is 0 Å². The highest BCUT2D eigenvalue weighted by atomic mass is 79.9. The lowest BCUT2D eigenvalue weighted by Gasteiger charge is -2.24. The third-order valence-corrected chi connectivity index (χ3v) is 4.66. The molecule has 1 aliphatic rings. The summed E-state index contributed by atoms with van der Waals surface area (Å²) in [5, 5.41) is 5.02. The second kappa shape index (κ2) is 20.8. The molecule has 0 aromatic carbocycles. The fraction of sp³-hybridized carbons (Fsp3) is 0.810. The van der Waals surface area contributed by atoms with Gasteiger partial charge in [-0.05, 0) is 61.6 Å². The zero-order valence-corrected chi connectivity index (χ0v) is 22.8. The lowest BCUT2D eigenvalue weighted by molar-refractivity contribution is -0.158. The van der Waals surface area contributed by atoms with E-state index in [2.05, 4.69) is 41.8 Å². The van der Waals surface area contributed by atoms with Gasteiger partial charge in [0.05, 0.1) is 19.8 Å². The van der Waals surface area contributed by atoms with Crippen LogP contribution < -0.4 is 16.4 Å². The molecule has 0 aromatic rings. The fourth-order valence-corrected chi connectivity index (χ4v) is 2.19. The second-order valence-corrected chi connectivity index (χ2v) is 8.02. The van der Waals surface area contributed by atoms with Gasteiger partial charge < -0.3 is 30.0 Å². The van der Waals surface area contributed by atoms with Crippen LogP contribution in [0, 0.1) is 0 Å². The summed E-state index contributed by atoms with van der Waals surface area (Å²) in [4.78, 5) is 45.1. The average Bonchev–Trinajstić information content (AvgIpc) is 3.40. The number of hydrogen-bond acceptors (Lipinski definition) is 10. The largest absolute Gasteiger partial charge is 0.465 e. The SMILES string of the molecule is C1CCOC1.CCOC(=O)C(C)(Br)C(=O)OCC.CCOC(=O)C(C)(NC)C(=O)NC.CN. The molecule has 0 radical (unpaired) electrons. The van der Waals surface area contributed by atoms with Crippen molar-refractivity contribution in [2.45, 2.75) is 57.3 Å². The molecule has 1 amide bonds. The normalized spacial score (nSPS) is 13.8. The molecule has 0 saturated carbocycles. The number of alkyl halides is 1. The summed E-state index contributed by atoms with van der Waals surface area (Å²) in [6.07, 6.45) is 2.56. The van der Waals surface area contributed by atoms with E-state index < -0.39 is 33.7 Å². The summed E-state index contributed by atoms with van der Waals surface area (Å²) in [6.45, 7) is 10.6. The summed E-state index contributed by atoms with van der Waals surface area (Å²) in [7, 11) is 4.50.